The molecule has 0 aliphatic heterocycles. The van der Waals surface area contributed by atoms with Crippen molar-refractivity contribution in [1.29, 1.82) is 0 Å². The van der Waals surface area contributed by atoms with Crippen molar-refractivity contribution in [2.75, 3.05) is 51.6 Å². The average Bonchev–Trinajstić information content (AvgIpc) is 2.87. The Hall–Kier alpha value is -1.63. The first-order valence-electron chi connectivity index (χ1n) is 14.5. The lowest BCUT2D eigenvalue weighted by molar-refractivity contribution is -0.114. The number of anilines is 1. The van der Waals surface area contributed by atoms with E-state index in [-0.39, 0.29) is 5.91 Å². The first kappa shape index (κ1) is 32.4. The summed E-state index contributed by atoms with van der Waals surface area (Å²) < 4.78 is 22.3. The Morgan fingerprint density at radius 1 is 0.583 bits per heavy atom. The van der Waals surface area contributed by atoms with Gasteiger partial charge in [0, 0.05) is 19.2 Å². The van der Waals surface area contributed by atoms with Gasteiger partial charge in [0.1, 0.15) is 12.4 Å². The second-order valence-electron chi connectivity index (χ2n) is 9.49. The minimum absolute atomic E-state index is 0.0872. The van der Waals surface area contributed by atoms with Crippen molar-refractivity contribution >= 4 is 11.6 Å². The van der Waals surface area contributed by atoms with Crippen LogP contribution in [0.2, 0.25) is 0 Å². The Morgan fingerprint density at radius 3 is 1.47 bits per heavy atom. The van der Waals surface area contributed by atoms with E-state index in [9.17, 15) is 4.79 Å². The average molecular weight is 508 g/mol. The lowest BCUT2D eigenvalue weighted by atomic mass is 10.0. The van der Waals surface area contributed by atoms with Crippen LogP contribution < -0.4 is 10.1 Å². The molecule has 6 heteroatoms. The van der Waals surface area contributed by atoms with Gasteiger partial charge in [-0.15, -0.1) is 0 Å². The molecule has 0 saturated heterocycles. The van der Waals surface area contributed by atoms with Gasteiger partial charge >= 0.3 is 0 Å². The molecule has 0 spiro atoms. The molecule has 1 aromatic carbocycles. The molecule has 208 valence electrons. The molecule has 1 amide bonds. The molecular weight excluding hydrogens is 454 g/mol. The Labute approximate surface area is 220 Å². The van der Waals surface area contributed by atoms with E-state index >= 15 is 0 Å². The van der Waals surface area contributed by atoms with E-state index in [0.29, 0.717) is 39.6 Å². The molecule has 0 aliphatic rings. The number of hydrogen-bond acceptors (Lipinski definition) is 5. The predicted molar refractivity (Wildman–Crippen MR) is 149 cm³/mol. The third kappa shape index (κ3) is 21.6. The van der Waals surface area contributed by atoms with Crippen molar-refractivity contribution in [3.05, 3.63) is 24.3 Å². The molecule has 0 aromatic heterocycles. The van der Waals surface area contributed by atoms with Crippen molar-refractivity contribution in [3.8, 4) is 5.75 Å². The van der Waals surface area contributed by atoms with Crippen molar-refractivity contribution in [2.24, 2.45) is 0 Å². The molecule has 1 rings (SSSR count). The standard InChI is InChI=1S/C30H53NO5/c1-3-4-5-6-7-8-9-10-11-12-13-14-15-16-21-33-22-23-34-24-25-35-26-27-36-30-19-17-29(18-20-30)31-28(2)32/h17-20H,3-16,21-27H2,1-2H3,(H,31,32). The largest absolute Gasteiger partial charge is 0.491 e. The maximum absolute atomic E-state index is 11.0. The van der Waals surface area contributed by atoms with E-state index in [1.54, 1.807) is 0 Å². The number of amides is 1. The maximum Gasteiger partial charge on any atom is 0.221 e. The zero-order valence-electron chi connectivity index (χ0n) is 23.2. The first-order chi connectivity index (χ1) is 17.7. The number of rotatable bonds is 26. The molecule has 6 nitrogen and oxygen atoms in total. The maximum atomic E-state index is 11.0. The second kappa shape index (κ2) is 25.0. The van der Waals surface area contributed by atoms with Crippen LogP contribution in [0.5, 0.6) is 5.75 Å². The summed E-state index contributed by atoms with van der Waals surface area (Å²) >= 11 is 0. The van der Waals surface area contributed by atoms with Gasteiger partial charge in [-0.25, -0.2) is 0 Å². The number of nitrogens with one attached hydrogen (secondary N) is 1. The van der Waals surface area contributed by atoms with Crippen LogP contribution in [-0.2, 0) is 19.0 Å². The van der Waals surface area contributed by atoms with Crippen LogP contribution in [-0.4, -0.2) is 52.2 Å². The van der Waals surface area contributed by atoms with Crippen molar-refractivity contribution in [3.63, 3.8) is 0 Å². The molecular formula is C30H53NO5. The van der Waals surface area contributed by atoms with Crippen LogP contribution in [0.3, 0.4) is 0 Å². The second-order valence-corrected chi connectivity index (χ2v) is 9.49. The van der Waals surface area contributed by atoms with Gasteiger partial charge in [0.2, 0.25) is 5.91 Å². The molecule has 0 radical (unpaired) electrons. The van der Waals surface area contributed by atoms with Gasteiger partial charge in [0.25, 0.3) is 0 Å². The minimum atomic E-state index is -0.0872. The highest BCUT2D eigenvalue weighted by molar-refractivity contribution is 5.88. The zero-order valence-corrected chi connectivity index (χ0v) is 23.2. The highest BCUT2D eigenvalue weighted by atomic mass is 16.6. The summed E-state index contributed by atoms with van der Waals surface area (Å²) in [5.41, 5.74) is 0.756. The smallest absolute Gasteiger partial charge is 0.221 e. The molecule has 36 heavy (non-hydrogen) atoms. The molecule has 0 bridgehead atoms. The van der Waals surface area contributed by atoms with Gasteiger partial charge in [-0.1, -0.05) is 90.4 Å². The van der Waals surface area contributed by atoms with Gasteiger partial charge in [-0.3, -0.25) is 4.79 Å². The first-order valence-corrected chi connectivity index (χ1v) is 14.5. The van der Waals surface area contributed by atoms with E-state index in [1.165, 1.54) is 90.4 Å². The minimum Gasteiger partial charge on any atom is -0.491 e. The summed E-state index contributed by atoms with van der Waals surface area (Å²) in [7, 11) is 0. The Morgan fingerprint density at radius 2 is 1.00 bits per heavy atom. The number of carbonyl (C=O) groups excluding carboxylic acids is 1. The van der Waals surface area contributed by atoms with Crippen LogP contribution in [0.15, 0.2) is 24.3 Å². The summed E-state index contributed by atoms with van der Waals surface area (Å²) in [4.78, 5) is 11.0. The summed E-state index contributed by atoms with van der Waals surface area (Å²) in [6.45, 7) is 7.95. The molecule has 0 aliphatic carbocycles. The van der Waals surface area contributed by atoms with Gasteiger partial charge in [-0.05, 0) is 30.7 Å². The fourth-order valence-electron chi connectivity index (χ4n) is 4.00. The molecule has 0 unspecified atom stereocenters. The molecule has 1 aromatic rings. The van der Waals surface area contributed by atoms with Crippen LogP contribution in [0.4, 0.5) is 5.69 Å². The number of ether oxygens (including phenoxy) is 4. The fourth-order valence-corrected chi connectivity index (χ4v) is 4.00. The summed E-state index contributed by atoms with van der Waals surface area (Å²) in [6, 6.07) is 7.28. The third-order valence-corrected chi connectivity index (χ3v) is 6.06. The predicted octanol–water partition coefficient (Wildman–Crippen LogP) is 7.55. The van der Waals surface area contributed by atoms with Crippen molar-refractivity contribution in [2.45, 2.75) is 104 Å². The Bertz CT molecular complexity index is 608. The Balaban J connectivity index is 1.72. The van der Waals surface area contributed by atoms with E-state index in [0.717, 1.165) is 24.5 Å². The van der Waals surface area contributed by atoms with Crippen LogP contribution in [0.25, 0.3) is 0 Å². The van der Waals surface area contributed by atoms with E-state index in [4.69, 9.17) is 18.9 Å². The lowest BCUT2D eigenvalue weighted by Gasteiger charge is -2.09. The molecule has 0 fully saturated rings. The van der Waals surface area contributed by atoms with Gasteiger partial charge < -0.3 is 24.3 Å². The molecule has 0 heterocycles. The van der Waals surface area contributed by atoms with E-state index in [1.807, 2.05) is 24.3 Å². The molecule has 1 N–H and O–H groups in total. The zero-order chi connectivity index (χ0) is 25.9. The number of benzene rings is 1. The summed E-state index contributed by atoms with van der Waals surface area (Å²) in [5.74, 6) is 0.663. The summed E-state index contributed by atoms with van der Waals surface area (Å²) in [6.07, 6.45) is 19.3. The number of carbonyl (C=O) groups is 1. The Kier molecular flexibility index (Phi) is 22.5. The van der Waals surface area contributed by atoms with Gasteiger partial charge in [0.15, 0.2) is 0 Å². The van der Waals surface area contributed by atoms with Crippen molar-refractivity contribution < 1.29 is 23.7 Å². The van der Waals surface area contributed by atoms with E-state index < -0.39 is 0 Å². The van der Waals surface area contributed by atoms with Crippen LogP contribution in [0, 0.1) is 0 Å². The van der Waals surface area contributed by atoms with Crippen LogP contribution >= 0.6 is 0 Å². The quantitative estimate of drug-likeness (QED) is 0.131. The highest BCUT2D eigenvalue weighted by Crippen LogP contribution is 2.15. The summed E-state index contributed by atoms with van der Waals surface area (Å²) in [5, 5.41) is 2.73. The monoisotopic (exact) mass is 507 g/mol. The molecule has 0 atom stereocenters. The van der Waals surface area contributed by atoms with Gasteiger partial charge in [-0.2, -0.15) is 0 Å². The number of unbranched alkanes of at least 4 members (excludes halogenated alkanes) is 13. The van der Waals surface area contributed by atoms with E-state index in [2.05, 4.69) is 12.2 Å². The van der Waals surface area contributed by atoms with Crippen LogP contribution in [0.1, 0.15) is 104 Å². The topological polar surface area (TPSA) is 66.0 Å². The fraction of sp³-hybridized carbons (Fsp3) is 0.767. The van der Waals surface area contributed by atoms with Gasteiger partial charge in [0.05, 0.1) is 33.0 Å². The number of hydrogen-bond donors (Lipinski definition) is 1. The molecule has 0 saturated carbocycles. The highest BCUT2D eigenvalue weighted by Gasteiger charge is 1.98. The lowest BCUT2D eigenvalue weighted by Crippen LogP contribution is -2.13. The third-order valence-electron chi connectivity index (χ3n) is 6.06. The normalized spacial score (nSPS) is 11.1. The SMILES string of the molecule is CCCCCCCCCCCCCCCCOCCOCCOCCOc1ccc(NC(C)=O)cc1. The van der Waals surface area contributed by atoms with Crippen molar-refractivity contribution in [1.82, 2.24) is 0 Å².